The van der Waals surface area contributed by atoms with E-state index in [1.807, 2.05) is 18.2 Å². The van der Waals surface area contributed by atoms with E-state index >= 15 is 0 Å². The minimum atomic E-state index is -0.446. The molecule has 1 aliphatic heterocycles. The molecule has 1 aromatic heterocycles. The molecular weight excluding hydrogens is 282 g/mol. The SMILES string of the molecule is CCOC(=O)c1cc(-c2ccc3c(c2)CC(=O)N3C)[nH]c1N. The van der Waals surface area contributed by atoms with Crippen LogP contribution in [0, 0.1) is 0 Å². The van der Waals surface area contributed by atoms with Crippen LogP contribution in [-0.4, -0.2) is 30.5 Å². The zero-order valence-electron chi connectivity index (χ0n) is 12.5. The van der Waals surface area contributed by atoms with Gasteiger partial charge in [-0.25, -0.2) is 4.79 Å². The van der Waals surface area contributed by atoms with Crippen LogP contribution in [0.5, 0.6) is 0 Å². The molecular formula is C16H17N3O3. The second-order valence-corrected chi connectivity index (χ2v) is 5.20. The number of carbonyl (C=O) groups excluding carboxylic acids is 2. The Labute approximate surface area is 127 Å². The quantitative estimate of drug-likeness (QED) is 0.848. The summed E-state index contributed by atoms with van der Waals surface area (Å²) in [6, 6.07) is 7.41. The van der Waals surface area contributed by atoms with Gasteiger partial charge in [-0.1, -0.05) is 6.07 Å². The van der Waals surface area contributed by atoms with Crippen molar-refractivity contribution in [3.8, 4) is 11.3 Å². The van der Waals surface area contributed by atoms with Crippen molar-refractivity contribution < 1.29 is 14.3 Å². The summed E-state index contributed by atoms with van der Waals surface area (Å²) in [5.41, 5.74) is 9.66. The van der Waals surface area contributed by atoms with E-state index < -0.39 is 5.97 Å². The third-order valence-electron chi connectivity index (χ3n) is 3.81. The molecule has 114 valence electrons. The fourth-order valence-electron chi connectivity index (χ4n) is 2.64. The smallest absolute Gasteiger partial charge is 0.341 e. The molecule has 0 atom stereocenters. The monoisotopic (exact) mass is 299 g/mol. The first-order chi connectivity index (χ1) is 10.5. The Balaban J connectivity index is 1.96. The second kappa shape index (κ2) is 5.22. The van der Waals surface area contributed by atoms with Gasteiger partial charge < -0.3 is 20.4 Å². The number of rotatable bonds is 3. The molecule has 0 aliphatic carbocycles. The zero-order chi connectivity index (χ0) is 15.9. The van der Waals surface area contributed by atoms with E-state index in [-0.39, 0.29) is 11.7 Å². The topological polar surface area (TPSA) is 88.4 Å². The average Bonchev–Trinajstić information content (AvgIpc) is 3.00. The van der Waals surface area contributed by atoms with Crippen LogP contribution in [0.2, 0.25) is 0 Å². The average molecular weight is 299 g/mol. The van der Waals surface area contributed by atoms with Crippen LogP contribution >= 0.6 is 0 Å². The Bertz CT molecular complexity index is 764. The lowest BCUT2D eigenvalue weighted by Crippen LogP contribution is -2.20. The van der Waals surface area contributed by atoms with Crippen LogP contribution in [0.25, 0.3) is 11.3 Å². The summed E-state index contributed by atoms with van der Waals surface area (Å²) in [5.74, 6) is -0.0916. The first-order valence-corrected chi connectivity index (χ1v) is 7.06. The highest BCUT2D eigenvalue weighted by atomic mass is 16.5. The van der Waals surface area contributed by atoms with E-state index in [2.05, 4.69) is 4.98 Å². The third-order valence-corrected chi connectivity index (χ3v) is 3.81. The van der Waals surface area contributed by atoms with Crippen molar-refractivity contribution in [3.63, 3.8) is 0 Å². The fraction of sp³-hybridized carbons (Fsp3) is 0.250. The molecule has 0 fully saturated rings. The maximum absolute atomic E-state index is 11.8. The van der Waals surface area contributed by atoms with Crippen molar-refractivity contribution in [3.05, 3.63) is 35.4 Å². The summed E-state index contributed by atoms with van der Waals surface area (Å²) in [6.07, 6.45) is 0.389. The summed E-state index contributed by atoms with van der Waals surface area (Å²) in [6.45, 7) is 2.04. The van der Waals surface area contributed by atoms with Gasteiger partial charge in [-0.3, -0.25) is 4.79 Å². The number of nitrogens with zero attached hydrogens (tertiary/aromatic N) is 1. The normalized spacial score (nSPS) is 13.4. The van der Waals surface area contributed by atoms with Crippen molar-refractivity contribution >= 4 is 23.4 Å². The Hall–Kier alpha value is -2.76. The Morgan fingerprint density at radius 3 is 2.91 bits per heavy atom. The number of benzene rings is 1. The Morgan fingerprint density at radius 1 is 1.41 bits per heavy atom. The molecule has 1 aromatic carbocycles. The molecule has 0 saturated carbocycles. The van der Waals surface area contributed by atoms with Crippen molar-refractivity contribution in [2.24, 2.45) is 0 Å². The van der Waals surface area contributed by atoms with Gasteiger partial charge in [-0.05, 0) is 36.2 Å². The van der Waals surface area contributed by atoms with E-state index in [0.29, 0.717) is 18.6 Å². The minimum Gasteiger partial charge on any atom is -0.462 e. The molecule has 0 saturated heterocycles. The van der Waals surface area contributed by atoms with Crippen LogP contribution in [0.1, 0.15) is 22.8 Å². The van der Waals surface area contributed by atoms with Gasteiger partial charge in [0.15, 0.2) is 0 Å². The zero-order valence-corrected chi connectivity index (χ0v) is 12.5. The largest absolute Gasteiger partial charge is 0.462 e. The maximum atomic E-state index is 11.8. The number of anilines is 2. The number of esters is 1. The minimum absolute atomic E-state index is 0.0744. The number of H-pyrrole nitrogens is 1. The number of aromatic nitrogens is 1. The summed E-state index contributed by atoms with van der Waals surface area (Å²) in [5, 5.41) is 0. The van der Waals surface area contributed by atoms with Crippen LogP contribution in [0.4, 0.5) is 11.5 Å². The van der Waals surface area contributed by atoms with Gasteiger partial charge in [-0.2, -0.15) is 0 Å². The molecule has 6 heteroatoms. The molecule has 3 rings (SSSR count). The number of amides is 1. The van der Waals surface area contributed by atoms with Gasteiger partial charge in [0.05, 0.1) is 13.0 Å². The van der Waals surface area contributed by atoms with Gasteiger partial charge in [0.25, 0.3) is 0 Å². The van der Waals surface area contributed by atoms with Gasteiger partial charge >= 0.3 is 5.97 Å². The summed E-state index contributed by atoms with van der Waals surface area (Å²) in [4.78, 5) is 28.2. The number of nitrogen functional groups attached to an aromatic ring is 1. The molecule has 2 aromatic rings. The summed E-state index contributed by atoms with van der Waals surface area (Å²) >= 11 is 0. The number of fused-ring (bicyclic) bond motifs is 1. The summed E-state index contributed by atoms with van der Waals surface area (Å²) < 4.78 is 4.97. The van der Waals surface area contributed by atoms with Gasteiger partial charge in [-0.15, -0.1) is 0 Å². The Kier molecular flexibility index (Phi) is 3.36. The lowest BCUT2D eigenvalue weighted by Gasteiger charge is -2.10. The second-order valence-electron chi connectivity index (χ2n) is 5.20. The number of ether oxygens (including phenoxy) is 1. The third kappa shape index (κ3) is 2.22. The van der Waals surface area contributed by atoms with Gasteiger partial charge in [0.1, 0.15) is 11.4 Å². The van der Waals surface area contributed by atoms with E-state index in [1.54, 1.807) is 24.9 Å². The van der Waals surface area contributed by atoms with Crippen molar-refractivity contribution in [1.29, 1.82) is 0 Å². The van der Waals surface area contributed by atoms with Crippen molar-refractivity contribution in [1.82, 2.24) is 4.98 Å². The van der Waals surface area contributed by atoms with Crippen LogP contribution in [0.15, 0.2) is 24.3 Å². The van der Waals surface area contributed by atoms with Gasteiger partial charge in [0, 0.05) is 18.4 Å². The maximum Gasteiger partial charge on any atom is 0.341 e. The number of likely N-dealkylation sites (N-methyl/N-ethyl adjacent to an activating group) is 1. The highest BCUT2D eigenvalue weighted by Crippen LogP contribution is 2.32. The predicted molar refractivity (Wildman–Crippen MR) is 83.7 cm³/mol. The molecule has 3 N–H and O–H groups in total. The molecule has 0 bridgehead atoms. The Morgan fingerprint density at radius 2 is 2.18 bits per heavy atom. The van der Waals surface area contributed by atoms with Gasteiger partial charge in [0.2, 0.25) is 5.91 Å². The molecule has 22 heavy (non-hydrogen) atoms. The molecule has 0 unspecified atom stereocenters. The first-order valence-electron chi connectivity index (χ1n) is 7.06. The molecule has 2 heterocycles. The van der Waals surface area contributed by atoms with Crippen molar-refractivity contribution in [2.75, 3.05) is 24.3 Å². The van der Waals surface area contributed by atoms with E-state index in [0.717, 1.165) is 22.5 Å². The fourth-order valence-corrected chi connectivity index (χ4v) is 2.64. The standard InChI is InChI=1S/C16H17N3O3/c1-3-22-16(21)11-8-12(18-15(11)17)9-4-5-13-10(6-9)7-14(20)19(13)2/h4-6,8,18H,3,7,17H2,1-2H3. The highest BCUT2D eigenvalue weighted by molar-refractivity contribution is 6.01. The molecule has 1 amide bonds. The number of aromatic amines is 1. The van der Waals surface area contributed by atoms with Crippen LogP contribution in [0.3, 0.4) is 0 Å². The van der Waals surface area contributed by atoms with Crippen molar-refractivity contribution in [2.45, 2.75) is 13.3 Å². The lowest BCUT2D eigenvalue weighted by molar-refractivity contribution is -0.117. The number of carbonyl (C=O) groups is 2. The molecule has 0 radical (unpaired) electrons. The highest BCUT2D eigenvalue weighted by Gasteiger charge is 2.24. The van der Waals surface area contributed by atoms with Crippen LogP contribution < -0.4 is 10.6 Å². The van der Waals surface area contributed by atoms with Crippen LogP contribution in [-0.2, 0) is 16.0 Å². The number of hydrogen-bond donors (Lipinski definition) is 2. The van der Waals surface area contributed by atoms with E-state index in [9.17, 15) is 9.59 Å². The summed E-state index contributed by atoms with van der Waals surface area (Å²) in [7, 11) is 1.76. The molecule has 6 nitrogen and oxygen atoms in total. The molecule has 0 spiro atoms. The number of nitrogens with two attached hydrogens (primary N) is 1. The van der Waals surface area contributed by atoms with E-state index in [1.165, 1.54) is 0 Å². The first kappa shape index (κ1) is 14.2. The number of hydrogen-bond acceptors (Lipinski definition) is 4. The molecule has 1 aliphatic rings. The van der Waals surface area contributed by atoms with E-state index in [4.69, 9.17) is 10.5 Å². The number of nitrogens with one attached hydrogen (secondary N) is 1. The predicted octanol–water partition coefficient (Wildman–Crippen LogP) is 1.96. The lowest BCUT2D eigenvalue weighted by atomic mass is 10.1.